The van der Waals surface area contributed by atoms with Crippen LogP contribution in [0, 0.1) is 0 Å². The standard InChI is InChI=1S/C22H26ClN3O3S/c1-2-25-7-9-26(10-8-25)19-5-3-16(23)13-18(19)24-22(27)15-30-17-4-6-20-21(14-17)29-12-11-28-20/h3-6,13-14H,2,7-12,15H2,1H3,(H,24,27). The molecule has 1 saturated heterocycles. The van der Waals surface area contributed by atoms with Crippen molar-refractivity contribution in [2.24, 2.45) is 0 Å². The lowest BCUT2D eigenvalue weighted by molar-refractivity contribution is -0.113. The van der Waals surface area contributed by atoms with Crippen LogP contribution in [-0.4, -0.2) is 62.5 Å². The quantitative estimate of drug-likeness (QED) is 0.676. The van der Waals surface area contributed by atoms with Crippen molar-refractivity contribution in [2.45, 2.75) is 11.8 Å². The number of benzene rings is 2. The zero-order chi connectivity index (χ0) is 20.9. The minimum Gasteiger partial charge on any atom is -0.486 e. The molecule has 2 aromatic carbocycles. The molecule has 160 valence electrons. The smallest absolute Gasteiger partial charge is 0.234 e. The van der Waals surface area contributed by atoms with E-state index in [0.717, 1.165) is 60.5 Å². The van der Waals surface area contributed by atoms with Crippen LogP contribution in [0.5, 0.6) is 11.5 Å². The Kier molecular flexibility index (Phi) is 6.92. The van der Waals surface area contributed by atoms with Crippen LogP contribution < -0.4 is 19.7 Å². The fourth-order valence-corrected chi connectivity index (χ4v) is 4.53. The van der Waals surface area contributed by atoms with Gasteiger partial charge in [-0.25, -0.2) is 0 Å². The Morgan fingerprint density at radius 2 is 1.83 bits per heavy atom. The van der Waals surface area contributed by atoms with Gasteiger partial charge in [0.2, 0.25) is 5.91 Å². The minimum atomic E-state index is -0.0643. The van der Waals surface area contributed by atoms with Crippen LogP contribution in [0.25, 0.3) is 0 Å². The topological polar surface area (TPSA) is 54.0 Å². The van der Waals surface area contributed by atoms with E-state index in [4.69, 9.17) is 21.1 Å². The third-order valence-corrected chi connectivity index (χ3v) is 6.51. The second-order valence-electron chi connectivity index (χ2n) is 7.23. The maximum atomic E-state index is 12.7. The van der Waals surface area contributed by atoms with Crippen molar-refractivity contribution < 1.29 is 14.3 Å². The van der Waals surface area contributed by atoms with E-state index in [-0.39, 0.29) is 5.91 Å². The summed E-state index contributed by atoms with van der Waals surface area (Å²) in [6.07, 6.45) is 0. The SMILES string of the molecule is CCN1CCN(c2ccc(Cl)cc2NC(=O)CSc2ccc3c(c2)OCCO3)CC1. The predicted molar refractivity (Wildman–Crippen MR) is 123 cm³/mol. The van der Waals surface area contributed by atoms with Crippen LogP contribution in [0.1, 0.15) is 6.92 Å². The molecule has 4 rings (SSSR count). The largest absolute Gasteiger partial charge is 0.486 e. The predicted octanol–water partition coefficient (Wildman–Crippen LogP) is 3.98. The molecule has 1 fully saturated rings. The Balaban J connectivity index is 1.39. The van der Waals surface area contributed by atoms with Crippen molar-refractivity contribution in [3.8, 4) is 11.5 Å². The fraction of sp³-hybridized carbons (Fsp3) is 0.409. The normalized spacial score (nSPS) is 16.4. The average molecular weight is 448 g/mol. The van der Waals surface area contributed by atoms with Gasteiger partial charge in [0.1, 0.15) is 13.2 Å². The summed E-state index contributed by atoms with van der Waals surface area (Å²) in [4.78, 5) is 18.4. The molecule has 0 saturated carbocycles. The zero-order valence-corrected chi connectivity index (χ0v) is 18.6. The lowest BCUT2D eigenvalue weighted by Crippen LogP contribution is -2.46. The van der Waals surface area contributed by atoms with Gasteiger partial charge >= 0.3 is 0 Å². The highest BCUT2D eigenvalue weighted by molar-refractivity contribution is 8.00. The third kappa shape index (κ3) is 5.14. The Morgan fingerprint density at radius 1 is 1.07 bits per heavy atom. The molecule has 0 aliphatic carbocycles. The number of fused-ring (bicyclic) bond motifs is 1. The third-order valence-electron chi connectivity index (χ3n) is 5.28. The number of nitrogens with zero attached hydrogens (tertiary/aromatic N) is 2. The number of nitrogens with one attached hydrogen (secondary N) is 1. The van der Waals surface area contributed by atoms with Crippen molar-refractivity contribution in [2.75, 3.05) is 61.9 Å². The molecule has 0 atom stereocenters. The molecule has 30 heavy (non-hydrogen) atoms. The van der Waals surface area contributed by atoms with Gasteiger partial charge in [0.25, 0.3) is 0 Å². The van der Waals surface area contributed by atoms with Gasteiger partial charge in [-0.2, -0.15) is 0 Å². The number of carbonyl (C=O) groups excluding carboxylic acids is 1. The first-order valence-electron chi connectivity index (χ1n) is 10.2. The number of likely N-dealkylation sites (N-methyl/N-ethyl adjacent to an activating group) is 1. The number of amides is 1. The summed E-state index contributed by atoms with van der Waals surface area (Å²) in [6, 6.07) is 11.5. The summed E-state index contributed by atoms with van der Waals surface area (Å²) in [5.74, 6) is 1.72. The number of anilines is 2. The molecule has 2 heterocycles. The summed E-state index contributed by atoms with van der Waals surface area (Å²) in [7, 11) is 0. The van der Waals surface area contributed by atoms with E-state index >= 15 is 0 Å². The fourth-order valence-electron chi connectivity index (χ4n) is 3.64. The Labute approximate surface area is 186 Å². The van der Waals surface area contributed by atoms with E-state index in [9.17, 15) is 4.79 Å². The first-order chi connectivity index (χ1) is 14.6. The van der Waals surface area contributed by atoms with Gasteiger partial charge in [0.05, 0.1) is 17.1 Å². The lowest BCUT2D eigenvalue weighted by atomic mass is 10.2. The molecule has 6 nitrogen and oxygen atoms in total. The zero-order valence-electron chi connectivity index (χ0n) is 17.0. The number of hydrogen-bond acceptors (Lipinski definition) is 6. The van der Waals surface area contributed by atoms with E-state index in [1.807, 2.05) is 36.4 Å². The number of piperazine rings is 1. The van der Waals surface area contributed by atoms with Gasteiger partial charge in [-0.15, -0.1) is 11.8 Å². The van der Waals surface area contributed by atoms with Gasteiger partial charge in [0.15, 0.2) is 11.5 Å². The number of halogens is 1. The van der Waals surface area contributed by atoms with E-state index in [1.54, 1.807) is 0 Å². The van der Waals surface area contributed by atoms with Crippen LogP contribution in [0.2, 0.25) is 5.02 Å². The molecule has 8 heteroatoms. The number of rotatable bonds is 6. The number of carbonyl (C=O) groups is 1. The molecule has 0 radical (unpaired) electrons. The first kappa shape index (κ1) is 21.2. The maximum Gasteiger partial charge on any atom is 0.234 e. The van der Waals surface area contributed by atoms with Gasteiger partial charge in [-0.1, -0.05) is 18.5 Å². The van der Waals surface area contributed by atoms with Crippen LogP contribution >= 0.6 is 23.4 Å². The Morgan fingerprint density at radius 3 is 2.60 bits per heavy atom. The molecule has 2 aliphatic rings. The van der Waals surface area contributed by atoms with Crippen LogP contribution in [0.4, 0.5) is 11.4 Å². The lowest BCUT2D eigenvalue weighted by Gasteiger charge is -2.36. The summed E-state index contributed by atoms with van der Waals surface area (Å²) in [5.41, 5.74) is 1.79. The molecular weight excluding hydrogens is 422 g/mol. The molecule has 0 spiro atoms. The average Bonchev–Trinajstić information content (AvgIpc) is 2.78. The highest BCUT2D eigenvalue weighted by Gasteiger charge is 2.19. The molecule has 0 unspecified atom stereocenters. The second kappa shape index (κ2) is 9.81. The molecule has 2 aromatic rings. The molecular formula is C22H26ClN3O3S. The number of ether oxygens (including phenoxy) is 2. The second-order valence-corrected chi connectivity index (χ2v) is 8.71. The van der Waals surface area contributed by atoms with E-state index in [0.29, 0.717) is 24.0 Å². The number of hydrogen-bond donors (Lipinski definition) is 1. The number of thioether (sulfide) groups is 1. The van der Waals surface area contributed by atoms with E-state index in [2.05, 4.69) is 22.0 Å². The van der Waals surface area contributed by atoms with Gasteiger partial charge in [0, 0.05) is 36.1 Å². The summed E-state index contributed by atoms with van der Waals surface area (Å²) >= 11 is 7.68. The van der Waals surface area contributed by atoms with Crippen molar-refractivity contribution in [3.63, 3.8) is 0 Å². The molecule has 0 aromatic heterocycles. The summed E-state index contributed by atoms with van der Waals surface area (Å²) in [5, 5.41) is 3.66. The van der Waals surface area contributed by atoms with Gasteiger partial charge < -0.3 is 24.6 Å². The van der Waals surface area contributed by atoms with Crippen molar-refractivity contribution >= 4 is 40.6 Å². The Hall–Kier alpha value is -2.09. The van der Waals surface area contributed by atoms with Crippen LogP contribution in [0.15, 0.2) is 41.3 Å². The Bertz CT molecular complexity index is 903. The van der Waals surface area contributed by atoms with Gasteiger partial charge in [-0.05, 0) is 42.9 Å². The maximum absolute atomic E-state index is 12.7. The minimum absolute atomic E-state index is 0.0643. The molecule has 1 amide bonds. The van der Waals surface area contributed by atoms with Gasteiger partial charge in [-0.3, -0.25) is 4.79 Å². The van der Waals surface area contributed by atoms with Crippen molar-refractivity contribution in [1.29, 1.82) is 0 Å². The summed E-state index contributed by atoms with van der Waals surface area (Å²) < 4.78 is 11.2. The van der Waals surface area contributed by atoms with Crippen LogP contribution in [-0.2, 0) is 4.79 Å². The van der Waals surface area contributed by atoms with Crippen molar-refractivity contribution in [3.05, 3.63) is 41.4 Å². The highest BCUT2D eigenvalue weighted by Crippen LogP contribution is 2.34. The monoisotopic (exact) mass is 447 g/mol. The highest BCUT2D eigenvalue weighted by atomic mass is 35.5. The molecule has 2 aliphatic heterocycles. The summed E-state index contributed by atoms with van der Waals surface area (Å²) in [6.45, 7) is 8.27. The van der Waals surface area contributed by atoms with Crippen molar-refractivity contribution in [1.82, 2.24) is 4.90 Å². The molecule has 0 bridgehead atoms. The van der Waals surface area contributed by atoms with E-state index < -0.39 is 0 Å². The first-order valence-corrected chi connectivity index (χ1v) is 11.6. The van der Waals surface area contributed by atoms with Crippen LogP contribution in [0.3, 0.4) is 0 Å². The van der Waals surface area contributed by atoms with E-state index in [1.165, 1.54) is 11.8 Å². The molecule has 1 N–H and O–H groups in total.